The lowest BCUT2D eigenvalue weighted by Gasteiger charge is -2.35. The molecular weight excluding hydrogens is 382 g/mol. The van der Waals surface area contributed by atoms with E-state index in [2.05, 4.69) is 0 Å². The molecule has 0 spiro atoms. The van der Waals surface area contributed by atoms with Gasteiger partial charge in [-0.05, 0) is 50.5 Å². The molecule has 3 rings (SSSR count). The van der Waals surface area contributed by atoms with E-state index in [1.54, 1.807) is 6.07 Å². The third-order valence-corrected chi connectivity index (χ3v) is 5.12. The number of rotatable bonds is 6. The fourth-order valence-electron chi connectivity index (χ4n) is 3.39. The molecule has 0 aromatic heterocycles. The summed E-state index contributed by atoms with van der Waals surface area (Å²) in [5.41, 5.74) is 2.34. The summed E-state index contributed by atoms with van der Waals surface area (Å²) < 4.78 is 0. The van der Waals surface area contributed by atoms with Crippen LogP contribution in [-0.2, 0) is 11.6 Å². The first-order valence-electron chi connectivity index (χ1n) is 9.67. The zero-order valence-corrected chi connectivity index (χ0v) is 17.7. The normalized spacial score (nSPS) is 12.8. The first kappa shape index (κ1) is 21.3. The van der Waals surface area contributed by atoms with E-state index in [0.717, 1.165) is 16.2 Å². The SMILES string of the molecule is CC(C)(C)N([O])C(Cc1ccccc1C(=O)c1ccccc1)c1cccc(Cl)c1. The van der Waals surface area contributed by atoms with Crippen LogP contribution in [0.5, 0.6) is 0 Å². The average molecular weight is 407 g/mol. The summed E-state index contributed by atoms with van der Waals surface area (Å²) in [7, 11) is 0. The first-order valence-corrected chi connectivity index (χ1v) is 10.0. The van der Waals surface area contributed by atoms with Crippen LogP contribution in [-0.4, -0.2) is 16.4 Å². The molecular formula is C25H25ClNO2. The molecule has 0 aliphatic rings. The minimum absolute atomic E-state index is 0.0424. The third kappa shape index (κ3) is 5.13. The number of halogens is 1. The Balaban J connectivity index is 2.02. The van der Waals surface area contributed by atoms with E-state index >= 15 is 0 Å². The van der Waals surface area contributed by atoms with Crippen molar-refractivity contribution in [2.24, 2.45) is 0 Å². The van der Waals surface area contributed by atoms with Crippen molar-refractivity contribution in [2.75, 3.05) is 0 Å². The van der Waals surface area contributed by atoms with Crippen molar-refractivity contribution in [3.8, 4) is 0 Å². The van der Waals surface area contributed by atoms with Gasteiger partial charge in [-0.1, -0.05) is 78.3 Å². The second kappa shape index (κ2) is 8.91. The molecule has 0 aliphatic heterocycles. The first-order chi connectivity index (χ1) is 13.8. The number of hydrogen-bond acceptors (Lipinski definition) is 2. The molecule has 1 atom stereocenters. The zero-order chi connectivity index (χ0) is 21.0. The van der Waals surface area contributed by atoms with Gasteiger partial charge in [0.2, 0.25) is 0 Å². The Morgan fingerprint density at radius 3 is 2.24 bits per heavy atom. The molecule has 0 fully saturated rings. The summed E-state index contributed by atoms with van der Waals surface area (Å²) in [5.74, 6) is -0.0424. The molecule has 3 nitrogen and oxygen atoms in total. The van der Waals surface area contributed by atoms with Gasteiger partial charge in [0, 0.05) is 21.7 Å². The Hall–Kier alpha value is -2.46. The number of hydrogen-bond donors (Lipinski definition) is 0. The van der Waals surface area contributed by atoms with Gasteiger partial charge in [0.15, 0.2) is 5.78 Å². The largest absolute Gasteiger partial charge is 0.289 e. The maximum Gasteiger partial charge on any atom is 0.193 e. The van der Waals surface area contributed by atoms with Crippen molar-refractivity contribution in [3.63, 3.8) is 0 Å². The van der Waals surface area contributed by atoms with Gasteiger partial charge in [0.25, 0.3) is 0 Å². The Morgan fingerprint density at radius 2 is 1.59 bits per heavy atom. The molecule has 4 heteroatoms. The zero-order valence-electron chi connectivity index (χ0n) is 16.9. The van der Waals surface area contributed by atoms with Gasteiger partial charge in [-0.2, -0.15) is 0 Å². The highest BCUT2D eigenvalue weighted by atomic mass is 35.5. The smallest absolute Gasteiger partial charge is 0.193 e. The molecule has 0 heterocycles. The quantitative estimate of drug-likeness (QED) is 0.356. The van der Waals surface area contributed by atoms with E-state index in [0.29, 0.717) is 22.6 Å². The summed E-state index contributed by atoms with van der Waals surface area (Å²) in [6.07, 6.45) is 0.413. The molecule has 3 aromatic rings. The predicted octanol–water partition coefficient (Wildman–Crippen LogP) is 6.30. The van der Waals surface area contributed by atoms with Crippen LogP contribution < -0.4 is 0 Å². The minimum atomic E-state index is -0.592. The number of hydroxylamine groups is 2. The van der Waals surface area contributed by atoms with Crippen LogP contribution in [0.2, 0.25) is 5.02 Å². The number of ketones is 1. The number of nitrogens with zero attached hydrogens (tertiary/aromatic N) is 1. The molecule has 0 N–H and O–H groups in total. The molecule has 0 saturated heterocycles. The van der Waals surface area contributed by atoms with Gasteiger partial charge in [-0.15, -0.1) is 10.3 Å². The number of carbonyl (C=O) groups excluding carboxylic acids is 1. The van der Waals surface area contributed by atoms with Crippen LogP contribution >= 0.6 is 11.6 Å². The average Bonchev–Trinajstić information content (AvgIpc) is 2.71. The molecule has 0 amide bonds. The second-order valence-corrected chi connectivity index (χ2v) is 8.56. The molecule has 0 saturated carbocycles. The van der Waals surface area contributed by atoms with Crippen LogP contribution in [0.3, 0.4) is 0 Å². The minimum Gasteiger partial charge on any atom is -0.289 e. The lowest BCUT2D eigenvalue weighted by molar-refractivity contribution is -0.241. The van der Waals surface area contributed by atoms with Gasteiger partial charge in [-0.25, -0.2) is 0 Å². The van der Waals surface area contributed by atoms with Crippen LogP contribution in [0.1, 0.15) is 53.9 Å². The monoisotopic (exact) mass is 406 g/mol. The fourth-order valence-corrected chi connectivity index (χ4v) is 3.59. The molecule has 149 valence electrons. The highest BCUT2D eigenvalue weighted by Gasteiger charge is 2.31. The maximum atomic E-state index is 13.2. The summed E-state index contributed by atoms with van der Waals surface area (Å²) in [4.78, 5) is 13.1. The number of carbonyl (C=O) groups is 1. The van der Waals surface area contributed by atoms with Crippen LogP contribution in [0, 0.1) is 0 Å². The topological polar surface area (TPSA) is 40.2 Å². The molecule has 29 heavy (non-hydrogen) atoms. The summed E-state index contributed by atoms with van der Waals surface area (Å²) >= 11 is 6.20. The molecule has 1 radical (unpaired) electrons. The van der Waals surface area contributed by atoms with Gasteiger partial charge in [-0.3, -0.25) is 4.79 Å². The lowest BCUT2D eigenvalue weighted by Crippen LogP contribution is -2.41. The standard InChI is InChI=1S/C25H25ClNO2/c1-25(2,3)27(29)23(20-13-9-14-21(26)16-20)17-19-12-7-8-15-22(19)24(28)18-10-5-4-6-11-18/h4-16,23H,17H2,1-3H3. The Labute approximate surface area is 177 Å². The Morgan fingerprint density at radius 1 is 0.931 bits per heavy atom. The van der Waals surface area contributed by atoms with Crippen molar-refractivity contribution in [2.45, 2.75) is 38.8 Å². The van der Waals surface area contributed by atoms with Gasteiger partial charge in [0.1, 0.15) is 0 Å². The van der Waals surface area contributed by atoms with Crippen molar-refractivity contribution in [1.29, 1.82) is 0 Å². The highest BCUT2D eigenvalue weighted by Crippen LogP contribution is 2.32. The molecule has 1 unspecified atom stereocenters. The Bertz CT molecular complexity index is 979. The number of benzene rings is 3. The van der Waals surface area contributed by atoms with Crippen LogP contribution in [0.15, 0.2) is 78.9 Å². The van der Waals surface area contributed by atoms with Gasteiger partial charge >= 0.3 is 0 Å². The van der Waals surface area contributed by atoms with E-state index < -0.39 is 11.6 Å². The Kier molecular flexibility index (Phi) is 6.53. The van der Waals surface area contributed by atoms with Gasteiger partial charge in [0.05, 0.1) is 6.04 Å². The van der Waals surface area contributed by atoms with E-state index in [9.17, 15) is 10.0 Å². The van der Waals surface area contributed by atoms with E-state index in [1.807, 2.05) is 93.6 Å². The van der Waals surface area contributed by atoms with Crippen LogP contribution in [0.4, 0.5) is 0 Å². The second-order valence-electron chi connectivity index (χ2n) is 8.12. The lowest BCUT2D eigenvalue weighted by atomic mass is 9.90. The molecule has 0 aliphatic carbocycles. The summed E-state index contributed by atoms with van der Waals surface area (Å²) in [5, 5.41) is 14.9. The predicted molar refractivity (Wildman–Crippen MR) is 116 cm³/mol. The van der Waals surface area contributed by atoms with E-state index in [1.165, 1.54) is 0 Å². The summed E-state index contributed by atoms with van der Waals surface area (Å²) in [6, 6.07) is 23.6. The molecule has 3 aromatic carbocycles. The van der Waals surface area contributed by atoms with Crippen molar-refractivity contribution < 1.29 is 10.0 Å². The van der Waals surface area contributed by atoms with Crippen LogP contribution in [0.25, 0.3) is 0 Å². The van der Waals surface area contributed by atoms with E-state index in [-0.39, 0.29) is 5.78 Å². The van der Waals surface area contributed by atoms with Crippen molar-refractivity contribution in [3.05, 3.63) is 106 Å². The van der Waals surface area contributed by atoms with Crippen molar-refractivity contribution in [1.82, 2.24) is 5.06 Å². The highest BCUT2D eigenvalue weighted by molar-refractivity contribution is 6.30. The molecule has 0 bridgehead atoms. The third-order valence-electron chi connectivity index (χ3n) is 4.89. The van der Waals surface area contributed by atoms with E-state index in [4.69, 9.17) is 11.6 Å². The van der Waals surface area contributed by atoms with Crippen molar-refractivity contribution >= 4 is 17.4 Å². The van der Waals surface area contributed by atoms with Gasteiger partial charge < -0.3 is 0 Å². The fraction of sp³-hybridized carbons (Fsp3) is 0.240. The maximum absolute atomic E-state index is 13.2. The summed E-state index contributed by atoms with van der Waals surface area (Å²) in [6.45, 7) is 5.66.